The Hall–Kier alpha value is -1.03. The van der Waals surface area contributed by atoms with Gasteiger partial charge in [0.25, 0.3) is 0 Å². The fourth-order valence-corrected chi connectivity index (χ4v) is 1.02. The summed E-state index contributed by atoms with van der Waals surface area (Å²) in [6, 6.07) is 0. The average Bonchev–Trinajstić information content (AvgIpc) is 2.13. The molecule has 0 atom stereocenters. The zero-order valence-electron chi connectivity index (χ0n) is 8.63. The summed E-state index contributed by atoms with van der Waals surface area (Å²) in [4.78, 5) is 7.83. The van der Waals surface area contributed by atoms with Crippen molar-refractivity contribution >= 4 is 23.1 Å². The third kappa shape index (κ3) is 2.48. The van der Waals surface area contributed by atoms with Crippen molar-refractivity contribution in [3.63, 3.8) is 0 Å². The summed E-state index contributed by atoms with van der Waals surface area (Å²) in [5.74, 6) is 0.594. The Morgan fingerprint density at radius 1 is 1.50 bits per heavy atom. The largest absolute Gasteiger partial charge is 0.393 e. The highest BCUT2D eigenvalue weighted by atomic mass is 35.5. The van der Waals surface area contributed by atoms with E-state index in [0.29, 0.717) is 11.5 Å². The Kier molecular flexibility index (Phi) is 3.16. The minimum absolute atomic E-state index is 0.0498. The zero-order valence-corrected chi connectivity index (χ0v) is 9.39. The van der Waals surface area contributed by atoms with Gasteiger partial charge >= 0.3 is 0 Å². The lowest BCUT2D eigenvalue weighted by Gasteiger charge is -2.25. The molecule has 1 aromatic rings. The van der Waals surface area contributed by atoms with Crippen molar-refractivity contribution in [2.45, 2.75) is 32.7 Å². The number of hydrogen-bond donors (Lipinski definition) is 2. The van der Waals surface area contributed by atoms with Crippen molar-refractivity contribution in [3.8, 4) is 0 Å². The van der Waals surface area contributed by atoms with Gasteiger partial charge in [0.05, 0.1) is 0 Å². The van der Waals surface area contributed by atoms with Crippen LogP contribution in [-0.2, 0) is 0 Å². The third-order valence-electron chi connectivity index (χ3n) is 2.18. The quantitative estimate of drug-likeness (QED) is 0.758. The van der Waals surface area contributed by atoms with Crippen LogP contribution in [0.1, 0.15) is 27.2 Å². The molecule has 0 aliphatic heterocycles. The fourth-order valence-electron chi connectivity index (χ4n) is 0.883. The molecule has 0 amide bonds. The lowest BCUT2D eigenvalue weighted by Crippen LogP contribution is -2.30. The van der Waals surface area contributed by atoms with E-state index in [1.54, 1.807) is 0 Å². The van der Waals surface area contributed by atoms with E-state index in [1.165, 1.54) is 6.33 Å². The van der Waals surface area contributed by atoms with Crippen molar-refractivity contribution in [1.29, 1.82) is 0 Å². The van der Waals surface area contributed by atoms with E-state index >= 15 is 0 Å². The SMILES string of the molecule is CCC(C)(C)Nc1ncnc(Cl)c1N. The zero-order chi connectivity index (χ0) is 10.8. The number of nitrogens with two attached hydrogens (primary N) is 1. The number of halogens is 1. The highest BCUT2D eigenvalue weighted by molar-refractivity contribution is 6.32. The lowest BCUT2D eigenvalue weighted by atomic mass is 10.0. The molecular weight excluding hydrogens is 200 g/mol. The van der Waals surface area contributed by atoms with E-state index in [4.69, 9.17) is 17.3 Å². The molecule has 0 spiro atoms. The van der Waals surface area contributed by atoms with Crippen LogP contribution >= 0.6 is 11.6 Å². The van der Waals surface area contributed by atoms with Crippen LogP contribution in [0.3, 0.4) is 0 Å². The van der Waals surface area contributed by atoms with Crippen LogP contribution < -0.4 is 11.1 Å². The first-order valence-corrected chi connectivity index (χ1v) is 4.88. The summed E-state index contributed by atoms with van der Waals surface area (Å²) in [6.07, 6.45) is 2.36. The van der Waals surface area contributed by atoms with Crippen LogP contribution in [0.5, 0.6) is 0 Å². The highest BCUT2D eigenvalue weighted by Gasteiger charge is 2.17. The average molecular weight is 215 g/mol. The van der Waals surface area contributed by atoms with Crippen LogP contribution in [0.25, 0.3) is 0 Å². The fraction of sp³-hybridized carbons (Fsp3) is 0.556. The van der Waals surface area contributed by atoms with E-state index in [1.807, 2.05) is 0 Å². The predicted molar refractivity (Wildman–Crippen MR) is 59.4 cm³/mol. The molecule has 0 unspecified atom stereocenters. The van der Waals surface area contributed by atoms with Gasteiger partial charge in [-0.1, -0.05) is 18.5 Å². The summed E-state index contributed by atoms with van der Waals surface area (Å²) >= 11 is 5.77. The molecule has 78 valence electrons. The van der Waals surface area contributed by atoms with E-state index in [9.17, 15) is 0 Å². The van der Waals surface area contributed by atoms with E-state index in [-0.39, 0.29) is 10.7 Å². The van der Waals surface area contributed by atoms with Gasteiger partial charge in [-0.05, 0) is 20.3 Å². The molecule has 5 heteroatoms. The Bertz CT molecular complexity index is 325. The Balaban J connectivity index is 2.92. The standard InChI is InChI=1S/C9H15ClN4/c1-4-9(2,3)14-8-6(11)7(10)12-5-13-8/h5H,4,11H2,1-3H3,(H,12,13,14). The van der Waals surface area contributed by atoms with Gasteiger partial charge in [0.2, 0.25) is 0 Å². The molecule has 0 aliphatic carbocycles. The van der Waals surface area contributed by atoms with Crippen molar-refractivity contribution in [2.75, 3.05) is 11.1 Å². The van der Waals surface area contributed by atoms with Crippen LogP contribution in [0, 0.1) is 0 Å². The maximum Gasteiger partial charge on any atom is 0.157 e. The minimum Gasteiger partial charge on any atom is -0.393 e. The van der Waals surface area contributed by atoms with Crippen LogP contribution in [0.4, 0.5) is 11.5 Å². The maximum atomic E-state index is 5.77. The molecule has 0 aromatic carbocycles. The monoisotopic (exact) mass is 214 g/mol. The summed E-state index contributed by atoms with van der Waals surface area (Å²) in [7, 11) is 0. The van der Waals surface area contributed by atoms with Gasteiger partial charge in [0.15, 0.2) is 11.0 Å². The highest BCUT2D eigenvalue weighted by Crippen LogP contribution is 2.25. The van der Waals surface area contributed by atoms with Gasteiger partial charge < -0.3 is 11.1 Å². The molecule has 3 N–H and O–H groups in total. The number of nitrogen functional groups attached to an aromatic ring is 1. The Morgan fingerprint density at radius 3 is 2.71 bits per heavy atom. The smallest absolute Gasteiger partial charge is 0.157 e. The maximum absolute atomic E-state index is 5.77. The van der Waals surface area contributed by atoms with Crippen molar-refractivity contribution in [2.24, 2.45) is 0 Å². The number of rotatable bonds is 3. The summed E-state index contributed by atoms with van der Waals surface area (Å²) in [6.45, 7) is 6.23. The second kappa shape index (κ2) is 4.00. The third-order valence-corrected chi connectivity index (χ3v) is 2.48. The number of aromatic nitrogens is 2. The van der Waals surface area contributed by atoms with Crippen LogP contribution in [0.15, 0.2) is 6.33 Å². The Morgan fingerprint density at radius 2 is 2.14 bits per heavy atom. The normalized spacial score (nSPS) is 11.4. The molecule has 0 radical (unpaired) electrons. The first-order valence-electron chi connectivity index (χ1n) is 4.50. The van der Waals surface area contributed by atoms with Gasteiger partial charge in [-0.2, -0.15) is 0 Å². The summed E-state index contributed by atoms with van der Waals surface area (Å²) in [5, 5.41) is 3.50. The molecule has 0 bridgehead atoms. The van der Waals surface area contributed by atoms with Crippen molar-refractivity contribution < 1.29 is 0 Å². The van der Waals surface area contributed by atoms with E-state index in [0.717, 1.165) is 6.42 Å². The second-order valence-electron chi connectivity index (χ2n) is 3.79. The molecule has 1 aromatic heterocycles. The molecule has 0 saturated carbocycles. The number of nitrogens with one attached hydrogen (secondary N) is 1. The molecule has 0 saturated heterocycles. The predicted octanol–water partition coefficient (Wildman–Crippen LogP) is 2.31. The van der Waals surface area contributed by atoms with Gasteiger partial charge in [0.1, 0.15) is 12.0 Å². The minimum atomic E-state index is -0.0498. The van der Waals surface area contributed by atoms with E-state index in [2.05, 4.69) is 36.1 Å². The molecule has 0 fully saturated rings. The van der Waals surface area contributed by atoms with Gasteiger partial charge in [0, 0.05) is 5.54 Å². The Labute approximate surface area is 88.9 Å². The van der Waals surface area contributed by atoms with Crippen molar-refractivity contribution in [3.05, 3.63) is 11.5 Å². The van der Waals surface area contributed by atoms with Gasteiger partial charge in [-0.25, -0.2) is 9.97 Å². The molecule has 0 aliphatic rings. The van der Waals surface area contributed by atoms with Gasteiger partial charge in [-0.3, -0.25) is 0 Å². The molecular formula is C9H15ClN4. The van der Waals surface area contributed by atoms with E-state index < -0.39 is 0 Å². The van der Waals surface area contributed by atoms with Crippen molar-refractivity contribution in [1.82, 2.24) is 9.97 Å². The van der Waals surface area contributed by atoms with Crippen LogP contribution in [-0.4, -0.2) is 15.5 Å². The summed E-state index contributed by atoms with van der Waals surface area (Å²) in [5.41, 5.74) is 6.07. The second-order valence-corrected chi connectivity index (χ2v) is 4.15. The number of anilines is 2. The molecule has 4 nitrogen and oxygen atoms in total. The topological polar surface area (TPSA) is 63.8 Å². The van der Waals surface area contributed by atoms with Gasteiger partial charge in [-0.15, -0.1) is 0 Å². The van der Waals surface area contributed by atoms with Crippen LogP contribution in [0.2, 0.25) is 5.15 Å². The summed E-state index contributed by atoms with van der Waals surface area (Å²) < 4.78 is 0. The first-order chi connectivity index (χ1) is 6.46. The first kappa shape index (κ1) is 11.0. The molecule has 14 heavy (non-hydrogen) atoms. The number of hydrogen-bond acceptors (Lipinski definition) is 4. The molecule has 1 heterocycles. The number of nitrogens with zero attached hydrogens (tertiary/aromatic N) is 2. The lowest BCUT2D eigenvalue weighted by molar-refractivity contribution is 0.545. The molecule has 1 rings (SSSR count).